The molecule has 1 atom stereocenters. The molecule has 22 heavy (non-hydrogen) atoms. The third-order valence-electron chi connectivity index (χ3n) is 3.65. The fraction of sp³-hybridized carbons (Fsp3) is 0.294. The smallest absolute Gasteiger partial charge is 0.125 e. The molecule has 0 bridgehead atoms. The quantitative estimate of drug-likeness (QED) is 0.853. The lowest BCUT2D eigenvalue weighted by atomic mass is 9.91. The van der Waals surface area contributed by atoms with Crippen LogP contribution in [0, 0.1) is 0 Å². The van der Waals surface area contributed by atoms with Gasteiger partial charge in [0, 0.05) is 22.0 Å². The molecule has 0 fully saturated rings. The van der Waals surface area contributed by atoms with Crippen LogP contribution in [0.4, 0.5) is 0 Å². The molecule has 0 aliphatic carbocycles. The van der Waals surface area contributed by atoms with Crippen molar-refractivity contribution in [1.29, 1.82) is 0 Å². The summed E-state index contributed by atoms with van der Waals surface area (Å²) in [5, 5.41) is 1.27. The molecule has 0 aromatic heterocycles. The molecule has 2 N–H and O–H groups in total. The Balaban J connectivity index is 2.35. The number of hydrogen-bond acceptors (Lipinski definition) is 3. The summed E-state index contributed by atoms with van der Waals surface area (Å²) in [6, 6.07) is 11.2. The largest absolute Gasteiger partial charge is 0.497 e. The second-order valence-corrected chi connectivity index (χ2v) is 5.76. The standard InChI is InChI=1S/C17H19Cl2NO2/c1-21-13-7-6-11(16(9-13)22-2)8-12(10-20)17-14(18)4-3-5-15(17)19/h3-7,9,12H,8,10,20H2,1-2H3. The maximum absolute atomic E-state index is 6.30. The van der Waals surface area contributed by atoms with E-state index in [0.29, 0.717) is 23.0 Å². The van der Waals surface area contributed by atoms with Gasteiger partial charge in [-0.2, -0.15) is 0 Å². The summed E-state index contributed by atoms with van der Waals surface area (Å²) < 4.78 is 10.7. The highest BCUT2D eigenvalue weighted by molar-refractivity contribution is 6.36. The van der Waals surface area contributed by atoms with Crippen LogP contribution < -0.4 is 15.2 Å². The molecular weight excluding hydrogens is 321 g/mol. The lowest BCUT2D eigenvalue weighted by Gasteiger charge is -2.20. The highest BCUT2D eigenvalue weighted by Crippen LogP contribution is 2.35. The molecule has 2 rings (SSSR count). The van der Waals surface area contributed by atoms with Gasteiger partial charge in [-0.05, 0) is 42.3 Å². The summed E-state index contributed by atoms with van der Waals surface area (Å²) in [6.07, 6.45) is 0.688. The molecule has 0 saturated heterocycles. The predicted molar refractivity (Wildman–Crippen MR) is 91.5 cm³/mol. The minimum atomic E-state index is 0.0171. The monoisotopic (exact) mass is 339 g/mol. The van der Waals surface area contributed by atoms with Gasteiger partial charge in [-0.15, -0.1) is 0 Å². The van der Waals surface area contributed by atoms with Gasteiger partial charge in [-0.25, -0.2) is 0 Å². The van der Waals surface area contributed by atoms with Crippen molar-refractivity contribution in [1.82, 2.24) is 0 Å². The maximum Gasteiger partial charge on any atom is 0.125 e. The van der Waals surface area contributed by atoms with Gasteiger partial charge in [-0.3, -0.25) is 0 Å². The first kappa shape index (κ1) is 16.9. The number of methoxy groups -OCH3 is 2. The topological polar surface area (TPSA) is 44.5 Å². The molecule has 0 amide bonds. The van der Waals surface area contributed by atoms with Gasteiger partial charge < -0.3 is 15.2 Å². The second-order valence-electron chi connectivity index (χ2n) is 4.95. The van der Waals surface area contributed by atoms with E-state index >= 15 is 0 Å². The average Bonchev–Trinajstić information content (AvgIpc) is 2.53. The molecule has 0 aliphatic rings. The fourth-order valence-corrected chi connectivity index (χ4v) is 3.20. The van der Waals surface area contributed by atoms with Gasteiger partial charge >= 0.3 is 0 Å². The van der Waals surface area contributed by atoms with E-state index in [1.165, 1.54) is 0 Å². The van der Waals surface area contributed by atoms with E-state index in [9.17, 15) is 0 Å². The Labute approximate surface area is 140 Å². The van der Waals surface area contributed by atoms with Crippen molar-refractivity contribution >= 4 is 23.2 Å². The normalized spacial score (nSPS) is 12.0. The van der Waals surface area contributed by atoms with Crippen LogP contribution in [0.25, 0.3) is 0 Å². The molecule has 0 radical (unpaired) electrons. The van der Waals surface area contributed by atoms with Crippen LogP contribution in [-0.4, -0.2) is 20.8 Å². The minimum absolute atomic E-state index is 0.0171. The Kier molecular flexibility index (Phi) is 5.95. The fourth-order valence-electron chi connectivity index (χ4n) is 2.49. The van der Waals surface area contributed by atoms with Gasteiger partial charge in [0.25, 0.3) is 0 Å². The summed E-state index contributed by atoms with van der Waals surface area (Å²) in [6.45, 7) is 0.443. The lowest BCUT2D eigenvalue weighted by Crippen LogP contribution is -2.16. The molecule has 0 saturated carbocycles. The first-order valence-corrected chi connectivity index (χ1v) is 7.71. The third kappa shape index (κ3) is 3.67. The van der Waals surface area contributed by atoms with Crippen LogP contribution in [0.3, 0.4) is 0 Å². The Hall–Kier alpha value is -1.42. The molecule has 3 nitrogen and oxygen atoms in total. The number of rotatable bonds is 6. The number of hydrogen-bond donors (Lipinski definition) is 1. The molecule has 2 aromatic rings. The van der Waals surface area contributed by atoms with Gasteiger partial charge in [0.1, 0.15) is 11.5 Å². The Morgan fingerprint density at radius 2 is 1.73 bits per heavy atom. The molecule has 1 unspecified atom stereocenters. The summed E-state index contributed by atoms with van der Waals surface area (Å²) in [4.78, 5) is 0. The summed E-state index contributed by atoms with van der Waals surface area (Å²) in [5.74, 6) is 1.53. The number of ether oxygens (including phenoxy) is 2. The molecule has 2 aromatic carbocycles. The predicted octanol–water partition coefficient (Wildman–Crippen LogP) is 4.30. The van der Waals surface area contributed by atoms with Crippen molar-refractivity contribution in [3.8, 4) is 11.5 Å². The number of halogens is 2. The third-order valence-corrected chi connectivity index (χ3v) is 4.31. The van der Waals surface area contributed by atoms with Gasteiger partial charge in [0.2, 0.25) is 0 Å². The summed E-state index contributed by atoms with van der Waals surface area (Å²) >= 11 is 12.6. The first-order valence-electron chi connectivity index (χ1n) is 6.95. The Bertz CT molecular complexity index is 626. The van der Waals surface area contributed by atoms with E-state index in [1.807, 2.05) is 36.4 Å². The maximum atomic E-state index is 6.30. The second kappa shape index (κ2) is 7.73. The van der Waals surface area contributed by atoms with Crippen molar-refractivity contribution in [2.24, 2.45) is 5.73 Å². The van der Waals surface area contributed by atoms with Crippen LogP contribution in [-0.2, 0) is 6.42 Å². The van der Waals surface area contributed by atoms with Crippen molar-refractivity contribution in [3.63, 3.8) is 0 Å². The van der Waals surface area contributed by atoms with Gasteiger partial charge in [-0.1, -0.05) is 35.3 Å². The zero-order valence-corrected chi connectivity index (χ0v) is 14.1. The highest BCUT2D eigenvalue weighted by atomic mass is 35.5. The summed E-state index contributed by atoms with van der Waals surface area (Å²) in [5.41, 5.74) is 7.87. The van der Waals surface area contributed by atoms with Gasteiger partial charge in [0.15, 0.2) is 0 Å². The molecule has 0 aliphatic heterocycles. The molecule has 0 spiro atoms. The van der Waals surface area contributed by atoms with Crippen molar-refractivity contribution in [2.75, 3.05) is 20.8 Å². The molecular formula is C17H19Cl2NO2. The Morgan fingerprint density at radius 3 is 2.27 bits per heavy atom. The van der Waals surface area contributed by atoms with E-state index in [-0.39, 0.29) is 5.92 Å². The average molecular weight is 340 g/mol. The first-order chi connectivity index (χ1) is 10.6. The van der Waals surface area contributed by atoms with Gasteiger partial charge in [0.05, 0.1) is 14.2 Å². The van der Waals surface area contributed by atoms with E-state index in [0.717, 1.165) is 22.6 Å². The van der Waals surface area contributed by atoms with Crippen molar-refractivity contribution < 1.29 is 9.47 Å². The van der Waals surface area contributed by atoms with E-state index in [2.05, 4.69) is 0 Å². The van der Waals surface area contributed by atoms with Crippen LogP contribution in [0.1, 0.15) is 17.0 Å². The zero-order valence-electron chi connectivity index (χ0n) is 12.6. The number of nitrogens with two attached hydrogens (primary N) is 1. The Morgan fingerprint density at radius 1 is 1.05 bits per heavy atom. The highest BCUT2D eigenvalue weighted by Gasteiger charge is 2.19. The van der Waals surface area contributed by atoms with E-state index in [4.69, 9.17) is 38.4 Å². The van der Waals surface area contributed by atoms with Crippen LogP contribution >= 0.6 is 23.2 Å². The van der Waals surface area contributed by atoms with E-state index in [1.54, 1.807) is 14.2 Å². The van der Waals surface area contributed by atoms with Crippen molar-refractivity contribution in [3.05, 3.63) is 57.6 Å². The molecule has 5 heteroatoms. The molecule has 0 heterocycles. The van der Waals surface area contributed by atoms with E-state index < -0.39 is 0 Å². The van der Waals surface area contributed by atoms with Crippen LogP contribution in [0.5, 0.6) is 11.5 Å². The van der Waals surface area contributed by atoms with Crippen LogP contribution in [0.2, 0.25) is 10.0 Å². The zero-order chi connectivity index (χ0) is 16.1. The number of benzene rings is 2. The minimum Gasteiger partial charge on any atom is -0.497 e. The summed E-state index contributed by atoms with van der Waals surface area (Å²) in [7, 11) is 3.26. The SMILES string of the molecule is COc1ccc(CC(CN)c2c(Cl)cccc2Cl)c(OC)c1. The van der Waals surface area contributed by atoms with Crippen molar-refractivity contribution in [2.45, 2.75) is 12.3 Å². The molecule has 118 valence electrons. The van der Waals surface area contributed by atoms with Crippen LogP contribution in [0.15, 0.2) is 36.4 Å². The lowest BCUT2D eigenvalue weighted by molar-refractivity contribution is 0.390.